The number of aliphatic hydroxyl groups is 1. The van der Waals surface area contributed by atoms with E-state index in [0.29, 0.717) is 24.6 Å². The van der Waals surface area contributed by atoms with Gasteiger partial charge >= 0.3 is 0 Å². The maximum absolute atomic E-state index is 13.0. The molecule has 1 atom stereocenters. The Labute approximate surface area is 166 Å². The third kappa shape index (κ3) is 3.67. The molecule has 0 bridgehead atoms. The van der Waals surface area contributed by atoms with Gasteiger partial charge in [-0.1, -0.05) is 19.3 Å². The quantitative estimate of drug-likeness (QED) is 0.834. The Balaban J connectivity index is 1.78. The number of carbonyl (C=O) groups is 1. The van der Waals surface area contributed by atoms with Crippen molar-refractivity contribution in [3.05, 3.63) is 23.3 Å². The van der Waals surface area contributed by atoms with Crippen molar-refractivity contribution in [3.63, 3.8) is 0 Å². The number of β-amino-alcohol motifs (C(OH)–C–C–N with tert-alkyl or cyclic N) is 1. The first kappa shape index (κ1) is 20.4. The van der Waals surface area contributed by atoms with Crippen molar-refractivity contribution in [1.82, 2.24) is 9.80 Å². The first-order valence-electron chi connectivity index (χ1n) is 9.78. The van der Waals surface area contributed by atoms with Crippen LogP contribution in [0, 0.1) is 11.3 Å². The number of fused-ring (bicyclic) bond motifs is 1. The molecule has 7 heteroatoms. The molecule has 1 amide bonds. The van der Waals surface area contributed by atoms with Gasteiger partial charge in [0.2, 0.25) is 5.91 Å². The summed E-state index contributed by atoms with van der Waals surface area (Å²) >= 11 is 0. The number of amides is 1. The fourth-order valence-electron chi connectivity index (χ4n) is 4.46. The van der Waals surface area contributed by atoms with Crippen LogP contribution in [0.4, 0.5) is 0 Å². The summed E-state index contributed by atoms with van der Waals surface area (Å²) in [7, 11) is 4.89. The average Bonchev–Trinajstić information content (AvgIpc) is 2.72. The predicted molar refractivity (Wildman–Crippen MR) is 104 cm³/mol. The van der Waals surface area contributed by atoms with Crippen molar-refractivity contribution >= 4 is 5.91 Å². The molecule has 2 aliphatic rings. The number of likely N-dealkylation sites (N-methyl/N-ethyl adjacent to an activating group) is 1. The summed E-state index contributed by atoms with van der Waals surface area (Å²) in [6.07, 6.45) is 3.73. The van der Waals surface area contributed by atoms with Gasteiger partial charge in [-0.3, -0.25) is 9.69 Å². The van der Waals surface area contributed by atoms with Gasteiger partial charge in [0.15, 0.2) is 0 Å². The molecule has 0 aromatic heterocycles. The molecule has 1 unspecified atom stereocenters. The lowest BCUT2D eigenvalue weighted by molar-refractivity contribution is -0.136. The summed E-state index contributed by atoms with van der Waals surface area (Å²) in [4.78, 5) is 16.5. The molecule has 1 aliphatic heterocycles. The lowest BCUT2D eigenvalue weighted by Crippen LogP contribution is -2.53. The zero-order valence-electron chi connectivity index (χ0n) is 16.9. The minimum Gasteiger partial charge on any atom is -0.496 e. The van der Waals surface area contributed by atoms with Crippen molar-refractivity contribution in [3.8, 4) is 17.6 Å². The highest BCUT2D eigenvalue weighted by atomic mass is 16.5. The van der Waals surface area contributed by atoms with Gasteiger partial charge in [-0.25, -0.2) is 0 Å². The van der Waals surface area contributed by atoms with Gasteiger partial charge in [-0.05, 0) is 25.0 Å². The van der Waals surface area contributed by atoms with E-state index in [9.17, 15) is 15.2 Å². The lowest BCUT2D eigenvalue weighted by Gasteiger charge is -2.40. The molecule has 28 heavy (non-hydrogen) atoms. The van der Waals surface area contributed by atoms with E-state index in [1.54, 1.807) is 32.2 Å². The number of nitrogens with zero attached hydrogens (tertiary/aromatic N) is 3. The molecule has 1 aliphatic carbocycles. The highest BCUT2D eigenvalue weighted by Crippen LogP contribution is 2.39. The zero-order valence-corrected chi connectivity index (χ0v) is 16.9. The van der Waals surface area contributed by atoms with Gasteiger partial charge < -0.3 is 19.5 Å². The van der Waals surface area contributed by atoms with E-state index >= 15 is 0 Å². The first-order chi connectivity index (χ1) is 13.5. The third-order valence-electron chi connectivity index (χ3n) is 6.12. The molecule has 7 nitrogen and oxygen atoms in total. The fraction of sp³-hybridized carbons (Fsp3) is 0.619. The zero-order chi connectivity index (χ0) is 20.3. The molecule has 1 fully saturated rings. The summed E-state index contributed by atoms with van der Waals surface area (Å²) < 4.78 is 10.9. The van der Waals surface area contributed by atoms with E-state index in [1.165, 1.54) is 0 Å². The topological polar surface area (TPSA) is 86.0 Å². The number of nitriles is 1. The van der Waals surface area contributed by atoms with E-state index in [4.69, 9.17) is 9.47 Å². The van der Waals surface area contributed by atoms with E-state index in [0.717, 1.165) is 43.2 Å². The minimum absolute atomic E-state index is 0.0963. The van der Waals surface area contributed by atoms with E-state index in [1.807, 2.05) is 11.0 Å². The van der Waals surface area contributed by atoms with Gasteiger partial charge in [0.1, 0.15) is 17.0 Å². The molecule has 0 radical (unpaired) electrons. The van der Waals surface area contributed by atoms with Gasteiger partial charge in [-0.2, -0.15) is 5.26 Å². The minimum atomic E-state index is -0.772. The van der Waals surface area contributed by atoms with Crippen LogP contribution < -0.4 is 9.47 Å². The molecule has 1 heterocycles. The van der Waals surface area contributed by atoms with Crippen molar-refractivity contribution in [1.29, 1.82) is 5.26 Å². The van der Waals surface area contributed by atoms with Gasteiger partial charge in [0.25, 0.3) is 0 Å². The molecule has 0 spiro atoms. The number of hydrogen-bond donors (Lipinski definition) is 1. The maximum atomic E-state index is 13.0. The Kier molecular flexibility index (Phi) is 6.11. The summed E-state index contributed by atoms with van der Waals surface area (Å²) in [5.41, 5.74) is 0.853. The van der Waals surface area contributed by atoms with Crippen molar-refractivity contribution in [2.24, 2.45) is 0 Å². The van der Waals surface area contributed by atoms with Crippen LogP contribution in [-0.4, -0.2) is 60.7 Å². The Morgan fingerprint density at radius 3 is 2.54 bits per heavy atom. The lowest BCUT2D eigenvalue weighted by atomic mass is 9.81. The molecule has 1 aromatic carbocycles. The van der Waals surface area contributed by atoms with Crippen LogP contribution in [0.1, 0.15) is 49.3 Å². The number of benzene rings is 1. The average molecular weight is 387 g/mol. The molecular weight excluding hydrogens is 358 g/mol. The number of hydrogen-bond acceptors (Lipinski definition) is 6. The van der Waals surface area contributed by atoms with Gasteiger partial charge in [0.05, 0.1) is 32.9 Å². The second-order valence-corrected chi connectivity index (χ2v) is 7.70. The molecule has 3 rings (SSSR count). The molecule has 1 saturated carbocycles. The molecule has 0 saturated heterocycles. The van der Waals surface area contributed by atoms with Crippen LogP contribution in [-0.2, 0) is 11.3 Å². The third-order valence-corrected chi connectivity index (χ3v) is 6.12. The Hall–Kier alpha value is -2.30. The number of aliphatic hydroxyl groups excluding tert-OH is 1. The summed E-state index contributed by atoms with van der Waals surface area (Å²) in [5, 5.41) is 20.4. The molecule has 152 valence electrons. The van der Waals surface area contributed by atoms with Crippen LogP contribution in [0.15, 0.2) is 12.1 Å². The Bertz CT molecular complexity index is 768. The maximum Gasteiger partial charge on any atom is 0.237 e. The monoisotopic (exact) mass is 387 g/mol. The largest absolute Gasteiger partial charge is 0.496 e. The van der Waals surface area contributed by atoms with Crippen molar-refractivity contribution < 1.29 is 19.4 Å². The number of ether oxygens (including phenoxy) is 2. The van der Waals surface area contributed by atoms with Crippen LogP contribution in [0.25, 0.3) is 0 Å². The first-order valence-corrected chi connectivity index (χ1v) is 9.78. The van der Waals surface area contributed by atoms with Crippen molar-refractivity contribution in [2.75, 3.05) is 34.4 Å². The van der Waals surface area contributed by atoms with E-state index in [-0.39, 0.29) is 12.5 Å². The van der Waals surface area contributed by atoms with Crippen molar-refractivity contribution in [2.45, 2.75) is 50.3 Å². The van der Waals surface area contributed by atoms with Crippen LogP contribution in [0.3, 0.4) is 0 Å². The Morgan fingerprint density at radius 2 is 1.93 bits per heavy atom. The SMILES string of the molecule is COc1ccc(OC)c2c1CN(CC(=O)N(C)C1(C#N)CCCCC1)CC2O. The number of carbonyl (C=O) groups excluding carboxylic acids is 1. The van der Waals surface area contributed by atoms with E-state index in [2.05, 4.69) is 6.07 Å². The summed E-state index contributed by atoms with van der Waals surface area (Å²) in [5.74, 6) is 1.19. The summed E-state index contributed by atoms with van der Waals surface area (Å²) in [6.45, 7) is 0.957. The van der Waals surface area contributed by atoms with Gasteiger partial charge in [0, 0.05) is 31.3 Å². The smallest absolute Gasteiger partial charge is 0.237 e. The Morgan fingerprint density at radius 1 is 1.29 bits per heavy atom. The normalized spacial score (nSPS) is 21.3. The number of methoxy groups -OCH3 is 2. The highest BCUT2D eigenvalue weighted by Gasteiger charge is 2.40. The molecule has 1 aromatic rings. The van der Waals surface area contributed by atoms with Crippen LogP contribution in [0.2, 0.25) is 0 Å². The van der Waals surface area contributed by atoms with Crippen LogP contribution in [0.5, 0.6) is 11.5 Å². The highest BCUT2D eigenvalue weighted by molar-refractivity contribution is 5.79. The molecule has 1 N–H and O–H groups in total. The second kappa shape index (κ2) is 8.38. The van der Waals surface area contributed by atoms with E-state index < -0.39 is 11.6 Å². The second-order valence-electron chi connectivity index (χ2n) is 7.70. The fourth-order valence-corrected chi connectivity index (χ4v) is 4.46. The standard InChI is InChI=1S/C21H29N3O4/c1-23(21(14-22)9-5-4-6-10-21)19(26)13-24-11-15-17(27-2)7-8-18(28-3)20(15)16(25)12-24/h7-8,16,25H,4-6,9-13H2,1-3H3. The van der Waals surface area contributed by atoms with Crippen LogP contribution >= 0.6 is 0 Å². The summed E-state index contributed by atoms with van der Waals surface area (Å²) in [6, 6.07) is 5.99. The predicted octanol–water partition coefficient (Wildman–Crippen LogP) is 2.24. The molecular formula is C21H29N3O4. The number of rotatable bonds is 5. The van der Waals surface area contributed by atoms with Gasteiger partial charge in [-0.15, -0.1) is 0 Å².